The topological polar surface area (TPSA) is 55.8 Å². The highest BCUT2D eigenvalue weighted by atomic mass is 16.6. The molecule has 0 spiro atoms. The van der Waals surface area contributed by atoms with Crippen LogP contribution in [-0.4, -0.2) is 34.3 Å². The van der Waals surface area contributed by atoms with Crippen LogP contribution >= 0.6 is 0 Å². The Labute approximate surface area is 164 Å². The molecule has 1 aromatic carbocycles. The van der Waals surface area contributed by atoms with Gasteiger partial charge in [-0.05, 0) is 97.9 Å². The van der Waals surface area contributed by atoms with E-state index in [1.165, 1.54) is 11.1 Å². The van der Waals surface area contributed by atoms with Crippen LogP contribution in [0.15, 0.2) is 12.1 Å². The van der Waals surface area contributed by atoms with E-state index in [9.17, 15) is 9.59 Å². The molecule has 0 aliphatic rings. The van der Waals surface area contributed by atoms with E-state index < -0.39 is 29.4 Å². The molecule has 0 aliphatic carbocycles. The Morgan fingerprint density at radius 2 is 1.26 bits per heavy atom. The van der Waals surface area contributed by atoms with E-state index in [1.54, 1.807) is 41.5 Å². The summed E-state index contributed by atoms with van der Waals surface area (Å²) < 4.78 is 10.9. The van der Waals surface area contributed by atoms with Gasteiger partial charge in [0.15, 0.2) is 0 Å². The maximum absolute atomic E-state index is 12.7. The van der Waals surface area contributed by atoms with E-state index in [-0.39, 0.29) is 0 Å². The SMILES string of the molecule is Cc1cc(C)c(CC(C)N(C(=O)OC(C)(C)C)C(=O)OC(C)(C)C)cc1C. The molecule has 1 rings (SSSR count). The highest BCUT2D eigenvalue weighted by molar-refractivity contribution is 5.88. The molecule has 0 saturated carbocycles. The third-order valence-electron chi connectivity index (χ3n) is 4.09. The maximum Gasteiger partial charge on any atom is 0.420 e. The number of aryl methyl sites for hydroxylation is 3. The lowest BCUT2D eigenvalue weighted by atomic mass is 9.96. The molecule has 1 aromatic rings. The monoisotopic (exact) mass is 377 g/mol. The standard InChI is InChI=1S/C22H35NO4/c1-14-11-16(3)18(12-15(14)2)13-17(4)23(19(24)26-21(5,6)7)20(25)27-22(8,9)10/h11-12,17H,13H2,1-10H3. The minimum Gasteiger partial charge on any atom is -0.443 e. The van der Waals surface area contributed by atoms with Crippen LogP contribution in [0.5, 0.6) is 0 Å². The first-order valence-electron chi connectivity index (χ1n) is 9.42. The predicted octanol–water partition coefficient (Wildman–Crippen LogP) is 5.72. The fourth-order valence-corrected chi connectivity index (χ4v) is 2.71. The summed E-state index contributed by atoms with van der Waals surface area (Å²) in [5.74, 6) is 0. The van der Waals surface area contributed by atoms with Crippen molar-refractivity contribution in [1.82, 2.24) is 4.90 Å². The largest absolute Gasteiger partial charge is 0.443 e. The molecular weight excluding hydrogens is 342 g/mol. The molecule has 0 bridgehead atoms. The lowest BCUT2D eigenvalue weighted by Gasteiger charge is -2.32. The zero-order valence-corrected chi connectivity index (χ0v) is 18.5. The molecule has 0 fully saturated rings. The molecule has 5 heteroatoms. The molecule has 1 atom stereocenters. The number of carbonyl (C=O) groups excluding carboxylic acids is 2. The number of hydrogen-bond donors (Lipinski definition) is 0. The number of ether oxygens (including phenoxy) is 2. The second-order valence-corrected chi connectivity index (χ2v) is 9.25. The van der Waals surface area contributed by atoms with Crippen LogP contribution in [0.25, 0.3) is 0 Å². The number of nitrogens with zero attached hydrogens (tertiary/aromatic N) is 1. The van der Waals surface area contributed by atoms with E-state index in [0.29, 0.717) is 6.42 Å². The van der Waals surface area contributed by atoms with Gasteiger partial charge in [-0.25, -0.2) is 14.5 Å². The van der Waals surface area contributed by atoms with Crippen molar-refractivity contribution in [3.63, 3.8) is 0 Å². The Kier molecular flexibility index (Phi) is 7.09. The number of rotatable bonds is 3. The van der Waals surface area contributed by atoms with Crippen molar-refractivity contribution in [2.75, 3.05) is 0 Å². The smallest absolute Gasteiger partial charge is 0.420 e. The van der Waals surface area contributed by atoms with Crippen LogP contribution in [0.1, 0.15) is 70.7 Å². The van der Waals surface area contributed by atoms with Crippen molar-refractivity contribution in [1.29, 1.82) is 0 Å². The first-order chi connectivity index (χ1) is 12.1. The molecular formula is C22H35NO4. The van der Waals surface area contributed by atoms with Gasteiger partial charge in [-0.2, -0.15) is 0 Å². The van der Waals surface area contributed by atoms with Crippen molar-refractivity contribution >= 4 is 12.2 Å². The molecule has 0 radical (unpaired) electrons. The molecule has 1 unspecified atom stereocenters. The van der Waals surface area contributed by atoms with Gasteiger partial charge in [-0.15, -0.1) is 0 Å². The van der Waals surface area contributed by atoms with E-state index in [2.05, 4.69) is 26.0 Å². The Hall–Kier alpha value is -2.04. The normalized spacial score (nSPS) is 13.1. The van der Waals surface area contributed by atoms with Crippen molar-refractivity contribution in [2.45, 2.75) is 92.9 Å². The first-order valence-corrected chi connectivity index (χ1v) is 9.42. The molecule has 0 saturated heterocycles. The second kappa shape index (κ2) is 8.32. The number of imide groups is 1. The third kappa shape index (κ3) is 7.24. The van der Waals surface area contributed by atoms with Crippen LogP contribution in [0.4, 0.5) is 9.59 Å². The Morgan fingerprint density at radius 1 is 0.852 bits per heavy atom. The van der Waals surface area contributed by atoms with Crippen LogP contribution in [-0.2, 0) is 15.9 Å². The lowest BCUT2D eigenvalue weighted by molar-refractivity contribution is -0.00573. The number of carbonyl (C=O) groups is 2. The molecule has 0 N–H and O–H groups in total. The minimum absolute atomic E-state index is 0.407. The van der Waals surface area contributed by atoms with Crippen molar-refractivity contribution in [3.8, 4) is 0 Å². The van der Waals surface area contributed by atoms with Gasteiger partial charge >= 0.3 is 12.2 Å². The van der Waals surface area contributed by atoms with Gasteiger partial charge < -0.3 is 9.47 Å². The molecule has 0 aromatic heterocycles. The maximum atomic E-state index is 12.7. The van der Waals surface area contributed by atoms with E-state index in [4.69, 9.17) is 9.47 Å². The van der Waals surface area contributed by atoms with Gasteiger partial charge in [-0.3, -0.25) is 0 Å². The summed E-state index contributed by atoms with van der Waals surface area (Å²) >= 11 is 0. The van der Waals surface area contributed by atoms with Crippen molar-refractivity contribution in [2.24, 2.45) is 0 Å². The van der Waals surface area contributed by atoms with Gasteiger partial charge in [0.1, 0.15) is 11.2 Å². The quantitative estimate of drug-likeness (QED) is 0.676. The van der Waals surface area contributed by atoms with Crippen molar-refractivity contribution in [3.05, 3.63) is 34.4 Å². The van der Waals surface area contributed by atoms with Gasteiger partial charge in [0, 0.05) is 6.04 Å². The zero-order chi connectivity index (χ0) is 21.2. The molecule has 0 heterocycles. The average molecular weight is 378 g/mol. The molecule has 27 heavy (non-hydrogen) atoms. The summed E-state index contributed by atoms with van der Waals surface area (Å²) in [6.07, 6.45) is -0.845. The molecule has 2 amide bonds. The Bertz CT molecular complexity index is 667. The van der Waals surface area contributed by atoms with Gasteiger partial charge in [0.2, 0.25) is 0 Å². The van der Waals surface area contributed by atoms with Gasteiger partial charge in [-0.1, -0.05) is 12.1 Å². The van der Waals surface area contributed by atoms with Gasteiger partial charge in [0.25, 0.3) is 0 Å². The van der Waals surface area contributed by atoms with Crippen LogP contribution < -0.4 is 0 Å². The summed E-state index contributed by atoms with van der Waals surface area (Å²) in [5, 5.41) is 0. The van der Waals surface area contributed by atoms with Crippen LogP contribution in [0.3, 0.4) is 0 Å². The summed E-state index contributed by atoms with van der Waals surface area (Å²) in [5.41, 5.74) is 3.24. The minimum atomic E-state index is -0.701. The molecule has 5 nitrogen and oxygen atoms in total. The van der Waals surface area contributed by atoms with E-state index in [1.807, 2.05) is 13.8 Å². The highest BCUT2D eigenvalue weighted by Crippen LogP contribution is 2.22. The van der Waals surface area contributed by atoms with Gasteiger partial charge in [0.05, 0.1) is 0 Å². The number of hydrogen-bond acceptors (Lipinski definition) is 4. The predicted molar refractivity (Wildman–Crippen MR) is 108 cm³/mol. The summed E-state index contributed by atoms with van der Waals surface area (Å²) in [6, 6.07) is 3.84. The summed E-state index contributed by atoms with van der Waals surface area (Å²) in [4.78, 5) is 26.5. The molecule has 0 aliphatic heterocycles. The summed E-state index contributed by atoms with van der Waals surface area (Å²) in [7, 11) is 0. The van der Waals surface area contributed by atoms with Crippen molar-refractivity contribution < 1.29 is 19.1 Å². The fourth-order valence-electron chi connectivity index (χ4n) is 2.71. The molecule has 152 valence electrons. The Balaban J connectivity index is 3.15. The lowest BCUT2D eigenvalue weighted by Crippen LogP contribution is -2.48. The second-order valence-electron chi connectivity index (χ2n) is 9.25. The van der Waals surface area contributed by atoms with E-state index in [0.717, 1.165) is 16.0 Å². The average Bonchev–Trinajstić information content (AvgIpc) is 2.40. The first kappa shape index (κ1) is 23.0. The number of benzene rings is 1. The highest BCUT2D eigenvalue weighted by Gasteiger charge is 2.35. The zero-order valence-electron chi connectivity index (χ0n) is 18.5. The van der Waals surface area contributed by atoms with Crippen LogP contribution in [0, 0.1) is 20.8 Å². The van der Waals surface area contributed by atoms with E-state index >= 15 is 0 Å². The number of amides is 2. The Morgan fingerprint density at radius 3 is 1.67 bits per heavy atom. The fraction of sp³-hybridized carbons (Fsp3) is 0.636. The summed E-state index contributed by atoms with van der Waals surface area (Å²) in [6.45, 7) is 18.7. The van der Waals surface area contributed by atoms with Crippen LogP contribution in [0.2, 0.25) is 0 Å². The third-order valence-corrected chi connectivity index (χ3v) is 4.09.